The highest BCUT2D eigenvalue weighted by molar-refractivity contribution is 6.46. The molecule has 1 aliphatic rings. The standard InChI is InChI=1S/C25H21ClN2O4/c1-15-8-9-16(26)14-20(15)28-24(29)22(19-6-4-5-7-21(19)32-3)23(25(28)30)27-17-10-12-18(31-2)13-11-17/h4-14,27H,1-3H3. The number of aryl methyl sites for hydroxylation is 1. The molecule has 0 radical (unpaired) electrons. The zero-order valence-electron chi connectivity index (χ0n) is 17.8. The number of nitrogens with one attached hydrogen (secondary N) is 1. The molecule has 0 fully saturated rings. The van der Waals surface area contributed by atoms with Gasteiger partial charge in [-0.3, -0.25) is 9.59 Å². The summed E-state index contributed by atoms with van der Waals surface area (Å²) in [4.78, 5) is 28.4. The molecule has 0 aromatic heterocycles. The SMILES string of the molecule is COc1ccc(NC2=C(c3ccccc3OC)C(=O)N(c3cc(Cl)ccc3C)C2=O)cc1. The Morgan fingerprint density at radius 1 is 0.875 bits per heavy atom. The summed E-state index contributed by atoms with van der Waals surface area (Å²) in [6.45, 7) is 1.82. The summed E-state index contributed by atoms with van der Waals surface area (Å²) in [5.41, 5.74) is 2.73. The molecule has 2 amide bonds. The molecule has 0 unspecified atom stereocenters. The van der Waals surface area contributed by atoms with Crippen LogP contribution in [-0.2, 0) is 9.59 Å². The van der Waals surface area contributed by atoms with E-state index in [0.29, 0.717) is 33.5 Å². The van der Waals surface area contributed by atoms with E-state index in [-0.39, 0.29) is 11.3 Å². The molecule has 1 aliphatic heterocycles. The molecule has 7 heteroatoms. The maximum atomic E-state index is 13.6. The molecular formula is C25H21ClN2O4. The number of anilines is 2. The number of halogens is 1. The lowest BCUT2D eigenvalue weighted by Crippen LogP contribution is -2.33. The van der Waals surface area contributed by atoms with Gasteiger partial charge in [0.05, 0.1) is 25.5 Å². The number of amides is 2. The van der Waals surface area contributed by atoms with Gasteiger partial charge < -0.3 is 14.8 Å². The molecule has 0 bridgehead atoms. The molecule has 0 aliphatic carbocycles. The van der Waals surface area contributed by atoms with Crippen molar-refractivity contribution >= 4 is 40.4 Å². The van der Waals surface area contributed by atoms with Crippen molar-refractivity contribution < 1.29 is 19.1 Å². The van der Waals surface area contributed by atoms with Crippen LogP contribution < -0.4 is 19.7 Å². The first-order valence-electron chi connectivity index (χ1n) is 9.88. The first kappa shape index (κ1) is 21.5. The second kappa shape index (κ2) is 8.77. The van der Waals surface area contributed by atoms with E-state index < -0.39 is 11.8 Å². The molecule has 1 N–H and O–H groups in total. The van der Waals surface area contributed by atoms with E-state index in [2.05, 4.69) is 5.32 Å². The van der Waals surface area contributed by atoms with Gasteiger partial charge in [-0.15, -0.1) is 0 Å². The average molecular weight is 449 g/mol. The molecule has 0 saturated heterocycles. The molecule has 3 aromatic rings. The predicted molar refractivity (Wildman–Crippen MR) is 125 cm³/mol. The largest absolute Gasteiger partial charge is 0.497 e. The van der Waals surface area contributed by atoms with E-state index in [4.69, 9.17) is 21.1 Å². The number of imide groups is 1. The zero-order valence-corrected chi connectivity index (χ0v) is 18.6. The van der Waals surface area contributed by atoms with E-state index in [9.17, 15) is 9.59 Å². The number of hydrogen-bond donors (Lipinski definition) is 1. The maximum Gasteiger partial charge on any atom is 0.282 e. The van der Waals surface area contributed by atoms with Crippen molar-refractivity contribution in [1.29, 1.82) is 0 Å². The lowest BCUT2D eigenvalue weighted by molar-refractivity contribution is -0.120. The van der Waals surface area contributed by atoms with Crippen molar-refractivity contribution in [3.63, 3.8) is 0 Å². The molecule has 0 saturated carbocycles. The summed E-state index contributed by atoms with van der Waals surface area (Å²) < 4.78 is 10.7. The van der Waals surface area contributed by atoms with Crippen molar-refractivity contribution in [3.8, 4) is 11.5 Å². The number of nitrogens with zero attached hydrogens (tertiary/aromatic N) is 1. The quantitative estimate of drug-likeness (QED) is 0.534. The molecule has 3 aromatic carbocycles. The fraction of sp³-hybridized carbons (Fsp3) is 0.120. The lowest BCUT2D eigenvalue weighted by atomic mass is 10.0. The third-order valence-corrected chi connectivity index (χ3v) is 5.47. The number of ether oxygens (including phenoxy) is 2. The Hall–Kier alpha value is -3.77. The Morgan fingerprint density at radius 3 is 2.28 bits per heavy atom. The average Bonchev–Trinajstić information content (AvgIpc) is 3.05. The lowest BCUT2D eigenvalue weighted by Gasteiger charge is -2.18. The van der Waals surface area contributed by atoms with Crippen LogP contribution in [0.2, 0.25) is 5.02 Å². The number of carbonyl (C=O) groups is 2. The topological polar surface area (TPSA) is 67.9 Å². The van der Waals surface area contributed by atoms with E-state index in [1.165, 1.54) is 7.11 Å². The third kappa shape index (κ3) is 3.81. The fourth-order valence-electron chi connectivity index (χ4n) is 3.61. The van der Waals surface area contributed by atoms with Gasteiger partial charge >= 0.3 is 0 Å². The number of rotatable bonds is 6. The second-order valence-electron chi connectivity index (χ2n) is 7.18. The van der Waals surface area contributed by atoms with Crippen molar-refractivity contribution in [3.05, 3.63) is 88.6 Å². The van der Waals surface area contributed by atoms with Crippen LogP contribution in [0, 0.1) is 6.92 Å². The summed E-state index contributed by atoms with van der Waals surface area (Å²) in [6, 6.07) is 19.3. The fourth-order valence-corrected chi connectivity index (χ4v) is 3.77. The van der Waals surface area contributed by atoms with Gasteiger partial charge in [0.2, 0.25) is 0 Å². The van der Waals surface area contributed by atoms with Gasteiger partial charge in [0, 0.05) is 16.3 Å². The molecular weight excluding hydrogens is 428 g/mol. The van der Waals surface area contributed by atoms with Crippen LogP contribution >= 0.6 is 11.6 Å². The highest BCUT2D eigenvalue weighted by Crippen LogP contribution is 2.39. The van der Waals surface area contributed by atoms with Crippen molar-refractivity contribution in [2.45, 2.75) is 6.92 Å². The Balaban J connectivity index is 1.86. The predicted octanol–water partition coefficient (Wildman–Crippen LogP) is 5.06. The number of hydrogen-bond acceptors (Lipinski definition) is 5. The molecule has 162 valence electrons. The number of para-hydroxylation sites is 1. The van der Waals surface area contributed by atoms with Crippen LogP contribution in [0.15, 0.2) is 72.4 Å². The highest BCUT2D eigenvalue weighted by atomic mass is 35.5. The monoisotopic (exact) mass is 448 g/mol. The highest BCUT2D eigenvalue weighted by Gasteiger charge is 2.41. The number of methoxy groups -OCH3 is 2. The zero-order chi connectivity index (χ0) is 22.8. The molecule has 32 heavy (non-hydrogen) atoms. The minimum atomic E-state index is -0.475. The Kier molecular flexibility index (Phi) is 5.88. The van der Waals surface area contributed by atoms with Gasteiger partial charge in [-0.1, -0.05) is 35.9 Å². The van der Waals surface area contributed by atoms with Gasteiger partial charge in [0.25, 0.3) is 11.8 Å². The van der Waals surface area contributed by atoms with Gasteiger partial charge in [-0.2, -0.15) is 0 Å². The van der Waals surface area contributed by atoms with Crippen molar-refractivity contribution in [2.24, 2.45) is 0 Å². The van der Waals surface area contributed by atoms with Gasteiger partial charge in [-0.25, -0.2) is 4.90 Å². The maximum absolute atomic E-state index is 13.6. The van der Waals surface area contributed by atoms with Crippen LogP contribution in [0.1, 0.15) is 11.1 Å². The first-order valence-corrected chi connectivity index (χ1v) is 10.3. The molecule has 0 spiro atoms. The van der Waals surface area contributed by atoms with Crippen LogP contribution in [0.25, 0.3) is 5.57 Å². The van der Waals surface area contributed by atoms with Crippen molar-refractivity contribution in [1.82, 2.24) is 0 Å². The van der Waals surface area contributed by atoms with Gasteiger partial charge in [0.15, 0.2) is 0 Å². The Morgan fingerprint density at radius 2 is 1.59 bits per heavy atom. The summed E-state index contributed by atoms with van der Waals surface area (Å²) in [6.07, 6.45) is 0. The summed E-state index contributed by atoms with van der Waals surface area (Å²) in [7, 11) is 3.10. The number of carbonyl (C=O) groups excluding carboxylic acids is 2. The molecule has 6 nitrogen and oxygen atoms in total. The normalized spacial score (nSPS) is 13.6. The van der Waals surface area contributed by atoms with Crippen LogP contribution in [0.4, 0.5) is 11.4 Å². The minimum Gasteiger partial charge on any atom is -0.497 e. The Bertz CT molecular complexity index is 1230. The summed E-state index contributed by atoms with van der Waals surface area (Å²) in [5.74, 6) is 0.236. The minimum absolute atomic E-state index is 0.157. The molecule has 4 rings (SSSR count). The van der Waals surface area contributed by atoms with E-state index in [1.54, 1.807) is 73.8 Å². The first-order chi connectivity index (χ1) is 15.4. The van der Waals surface area contributed by atoms with Crippen LogP contribution in [-0.4, -0.2) is 26.0 Å². The van der Waals surface area contributed by atoms with E-state index >= 15 is 0 Å². The van der Waals surface area contributed by atoms with Crippen molar-refractivity contribution in [2.75, 3.05) is 24.4 Å². The Labute approximate surface area is 191 Å². The van der Waals surface area contributed by atoms with Crippen LogP contribution in [0.3, 0.4) is 0 Å². The second-order valence-corrected chi connectivity index (χ2v) is 7.62. The van der Waals surface area contributed by atoms with Gasteiger partial charge in [0.1, 0.15) is 17.2 Å². The molecule has 1 heterocycles. The summed E-state index contributed by atoms with van der Waals surface area (Å²) in [5, 5.41) is 3.56. The van der Waals surface area contributed by atoms with E-state index in [1.807, 2.05) is 6.92 Å². The number of benzene rings is 3. The third-order valence-electron chi connectivity index (χ3n) is 5.23. The summed E-state index contributed by atoms with van der Waals surface area (Å²) >= 11 is 6.18. The van der Waals surface area contributed by atoms with Gasteiger partial charge in [-0.05, 0) is 55.0 Å². The van der Waals surface area contributed by atoms with E-state index in [0.717, 1.165) is 10.5 Å². The van der Waals surface area contributed by atoms with Crippen LogP contribution in [0.5, 0.6) is 11.5 Å². The molecule has 0 atom stereocenters. The smallest absolute Gasteiger partial charge is 0.282 e.